The maximum Gasteiger partial charge on any atom is 0.110 e. The van der Waals surface area contributed by atoms with Crippen molar-refractivity contribution in [3.63, 3.8) is 0 Å². The van der Waals surface area contributed by atoms with Crippen LogP contribution in [0.1, 0.15) is 28.7 Å². The largest absolute Gasteiger partial charge is 0.348 e. The van der Waals surface area contributed by atoms with Crippen LogP contribution in [0.25, 0.3) is 0 Å². The molecule has 0 radical (unpaired) electrons. The number of benzene rings is 3. The normalized spacial score (nSPS) is 18.9. The van der Waals surface area contributed by atoms with E-state index in [0.29, 0.717) is 5.92 Å². The number of hydrogen-bond donors (Lipinski definition) is 1. The number of aromatic nitrogens is 1. The summed E-state index contributed by atoms with van der Waals surface area (Å²) in [7, 11) is 0. The summed E-state index contributed by atoms with van der Waals surface area (Å²) in [5.41, 5.74) is 5.42. The van der Waals surface area contributed by atoms with Crippen LogP contribution in [-0.2, 0) is 6.42 Å². The molecule has 1 aliphatic heterocycles. The minimum Gasteiger partial charge on any atom is -0.348 e. The van der Waals surface area contributed by atoms with Crippen LogP contribution in [0.3, 0.4) is 0 Å². The van der Waals surface area contributed by atoms with E-state index in [9.17, 15) is 0 Å². The fraction of sp³-hybridized carbons (Fsp3) is 0.120. The SMILES string of the molecule is c1ccc(C2Cc3ccccc3N(c3ccc[nH]3)C2c2ccccc2)cc1. The Morgan fingerprint density at radius 3 is 2.04 bits per heavy atom. The van der Waals surface area contributed by atoms with Crippen molar-refractivity contribution in [2.75, 3.05) is 4.90 Å². The summed E-state index contributed by atoms with van der Waals surface area (Å²) in [5.74, 6) is 1.52. The van der Waals surface area contributed by atoms with Gasteiger partial charge in [0.25, 0.3) is 0 Å². The highest BCUT2D eigenvalue weighted by atomic mass is 15.2. The van der Waals surface area contributed by atoms with E-state index >= 15 is 0 Å². The molecule has 27 heavy (non-hydrogen) atoms. The van der Waals surface area contributed by atoms with Gasteiger partial charge in [-0.15, -0.1) is 0 Å². The molecule has 2 heterocycles. The van der Waals surface area contributed by atoms with E-state index in [2.05, 4.69) is 107 Å². The zero-order chi connectivity index (χ0) is 18.1. The number of anilines is 2. The summed E-state index contributed by atoms with van der Waals surface area (Å²) < 4.78 is 0. The number of nitrogens with zero attached hydrogens (tertiary/aromatic N) is 1. The third-order valence-corrected chi connectivity index (χ3v) is 5.56. The maximum absolute atomic E-state index is 3.45. The van der Waals surface area contributed by atoms with Crippen LogP contribution in [-0.4, -0.2) is 4.98 Å². The molecule has 132 valence electrons. The van der Waals surface area contributed by atoms with Gasteiger partial charge in [-0.2, -0.15) is 0 Å². The number of aromatic amines is 1. The lowest BCUT2D eigenvalue weighted by molar-refractivity contribution is 0.514. The number of H-pyrrole nitrogens is 1. The molecule has 1 N–H and O–H groups in total. The lowest BCUT2D eigenvalue weighted by atomic mass is 9.78. The first-order valence-corrected chi connectivity index (χ1v) is 9.52. The zero-order valence-corrected chi connectivity index (χ0v) is 15.1. The molecule has 5 rings (SSSR count). The molecule has 0 bridgehead atoms. The lowest BCUT2D eigenvalue weighted by Crippen LogP contribution is -2.35. The van der Waals surface area contributed by atoms with Crippen molar-refractivity contribution in [1.82, 2.24) is 4.98 Å². The van der Waals surface area contributed by atoms with E-state index in [-0.39, 0.29) is 6.04 Å². The van der Waals surface area contributed by atoms with Crippen molar-refractivity contribution in [3.05, 3.63) is 120 Å². The molecular formula is C25H22N2. The summed E-state index contributed by atoms with van der Waals surface area (Å²) in [6.07, 6.45) is 3.04. The van der Waals surface area contributed by atoms with Crippen molar-refractivity contribution in [2.45, 2.75) is 18.4 Å². The van der Waals surface area contributed by atoms with Gasteiger partial charge in [-0.05, 0) is 41.3 Å². The van der Waals surface area contributed by atoms with Gasteiger partial charge in [0.15, 0.2) is 0 Å². The molecule has 1 aromatic heterocycles. The van der Waals surface area contributed by atoms with Gasteiger partial charge in [0.1, 0.15) is 5.82 Å². The Kier molecular flexibility index (Phi) is 4.02. The van der Waals surface area contributed by atoms with Gasteiger partial charge in [-0.3, -0.25) is 0 Å². The van der Waals surface area contributed by atoms with Crippen molar-refractivity contribution < 1.29 is 0 Å². The number of para-hydroxylation sites is 1. The van der Waals surface area contributed by atoms with E-state index in [1.54, 1.807) is 0 Å². The Labute approximate surface area is 160 Å². The minimum absolute atomic E-state index is 0.238. The molecule has 0 saturated carbocycles. The first kappa shape index (κ1) is 16.0. The van der Waals surface area contributed by atoms with Gasteiger partial charge in [0.2, 0.25) is 0 Å². The molecule has 0 amide bonds. The number of fused-ring (bicyclic) bond motifs is 1. The van der Waals surface area contributed by atoms with E-state index in [1.807, 2.05) is 6.20 Å². The topological polar surface area (TPSA) is 19.0 Å². The number of rotatable bonds is 3. The van der Waals surface area contributed by atoms with Crippen LogP contribution >= 0.6 is 0 Å². The van der Waals surface area contributed by atoms with Gasteiger partial charge < -0.3 is 9.88 Å². The first-order chi connectivity index (χ1) is 13.4. The summed E-state index contributed by atoms with van der Waals surface area (Å²) >= 11 is 0. The minimum atomic E-state index is 0.238. The van der Waals surface area contributed by atoms with Crippen LogP contribution in [0, 0.1) is 0 Å². The predicted octanol–water partition coefficient (Wildman–Crippen LogP) is 6.23. The third-order valence-electron chi connectivity index (χ3n) is 5.56. The molecule has 0 saturated heterocycles. The molecule has 2 nitrogen and oxygen atoms in total. The highest BCUT2D eigenvalue weighted by Gasteiger charge is 2.37. The highest BCUT2D eigenvalue weighted by molar-refractivity contribution is 5.69. The van der Waals surface area contributed by atoms with E-state index in [4.69, 9.17) is 0 Å². The quantitative estimate of drug-likeness (QED) is 0.464. The van der Waals surface area contributed by atoms with Gasteiger partial charge >= 0.3 is 0 Å². The Bertz CT molecular complexity index is 1010. The molecule has 2 atom stereocenters. The van der Waals surface area contributed by atoms with Gasteiger partial charge in [0.05, 0.1) is 6.04 Å². The van der Waals surface area contributed by atoms with Crippen molar-refractivity contribution in [2.24, 2.45) is 0 Å². The third kappa shape index (κ3) is 2.83. The fourth-order valence-electron chi connectivity index (χ4n) is 4.38. The van der Waals surface area contributed by atoms with Crippen LogP contribution in [0.15, 0.2) is 103 Å². The van der Waals surface area contributed by atoms with Gasteiger partial charge in [0, 0.05) is 17.8 Å². The maximum atomic E-state index is 3.45. The summed E-state index contributed by atoms with van der Waals surface area (Å²) in [5, 5.41) is 0. The summed E-state index contributed by atoms with van der Waals surface area (Å²) in [4.78, 5) is 5.92. The predicted molar refractivity (Wildman–Crippen MR) is 111 cm³/mol. The second-order valence-corrected chi connectivity index (χ2v) is 7.13. The van der Waals surface area contributed by atoms with E-state index in [0.717, 1.165) is 12.2 Å². The Balaban J connectivity index is 1.74. The van der Waals surface area contributed by atoms with E-state index in [1.165, 1.54) is 22.4 Å². The van der Waals surface area contributed by atoms with Crippen LogP contribution in [0.5, 0.6) is 0 Å². The molecule has 0 aliphatic carbocycles. The van der Waals surface area contributed by atoms with Crippen LogP contribution in [0.4, 0.5) is 11.5 Å². The van der Waals surface area contributed by atoms with Crippen molar-refractivity contribution in [1.29, 1.82) is 0 Å². The van der Waals surface area contributed by atoms with Crippen LogP contribution in [0.2, 0.25) is 0 Å². The van der Waals surface area contributed by atoms with Gasteiger partial charge in [-0.25, -0.2) is 0 Å². The Morgan fingerprint density at radius 2 is 1.33 bits per heavy atom. The van der Waals surface area contributed by atoms with E-state index < -0.39 is 0 Å². The highest BCUT2D eigenvalue weighted by Crippen LogP contribution is 2.49. The second-order valence-electron chi connectivity index (χ2n) is 7.13. The first-order valence-electron chi connectivity index (χ1n) is 9.52. The second kappa shape index (κ2) is 6.81. The number of hydrogen-bond acceptors (Lipinski definition) is 1. The fourth-order valence-corrected chi connectivity index (χ4v) is 4.38. The molecule has 4 aromatic rings. The van der Waals surface area contributed by atoms with Crippen molar-refractivity contribution >= 4 is 11.5 Å². The molecule has 3 aromatic carbocycles. The smallest absolute Gasteiger partial charge is 0.110 e. The van der Waals surface area contributed by atoms with Crippen molar-refractivity contribution in [3.8, 4) is 0 Å². The Morgan fingerprint density at radius 1 is 0.667 bits per heavy atom. The summed E-state index contributed by atoms with van der Waals surface area (Å²) in [6, 6.07) is 35.1. The molecule has 2 unspecified atom stereocenters. The number of nitrogens with one attached hydrogen (secondary N) is 1. The average Bonchev–Trinajstić information content (AvgIpc) is 3.28. The molecule has 1 aliphatic rings. The Hall–Kier alpha value is -3.26. The lowest BCUT2D eigenvalue weighted by Gasteiger charge is -2.43. The molecule has 0 spiro atoms. The monoisotopic (exact) mass is 350 g/mol. The molecular weight excluding hydrogens is 328 g/mol. The van der Waals surface area contributed by atoms with Crippen LogP contribution < -0.4 is 4.90 Å². The molecule has 2 heteroatoms. The molecule has 0 fully saturated rings. The average molecular weight is 350 g/mol. The standard InChI is InChI=1S/C25H22N2/c1-3-10-19(11-4-1)22-18-21-14-7-8-15-23(21)27(24-16-9-17-26-24)25(22)20-12-5-2-6-13-20/h1-17,22,25-26H,18H2. The zero-order valence-electron chi connectivity index (χ0n) is 15.1. The summed E-state index contributed by atoms with van der Waals surface area (Å²) in [6.45, 7) is 0. The van der Waals surface area contributed by atoms with Gasteiger partial charge in [-0.1, -0.05) is 78.9 Å².